The topological polar surface area (TPSA) is 110 Å². The van der Waals surface area contributed by atoms with E-state index in [-0.39, 0.29) is 17.7 Å². The van der Waals surface area contributed by atoms with Gasteiger partial charge in [0.25, 0.3) is 5.91 Å². The van der Waals surface area contributed by atoms with E-state index in [1.165, 1.54) is 16.4 Å². The molecular formula is C15H21N3O4S. The van der Waals surface area contributed by atoms with Gasteiger partial charge in [0.15, 0.2) is 0 Å². The lowest BCUT2D eigenvalue weighted by molar-refractivity contribution is 0.0922. The summed E-state index contributed by atoms with van der Waals surface area (Å²) in [5.41, 5.74) is 5.95. The predicted molar refractivity (Wildman–Crippen MR) is 86.5 cm³/mol. The van der Waals surface area contributed by atoms with E-state index in [1.54, 1.807) is 19.1 Å². The molecule has 0 spiro atoms. The Hall–Kier alpha value is -1.93. The highest BCUT2D eigenvalue weighted by Crippen LogP contribution is 2.15. The van der Waals surface area contributed by atoms with Gasteiger partial charge in [-0.1, -0.05) is 0 Å². The SMILES string of the molecule is CCS(=O)(=O)N1CCC(NC(=O)c2ccc(C(N)=O)cc2)CC1. The number of primary amides is 1. The van der Waals surface area contributed by atoms with Crippen LogP contribution in [0.2, 0.25) is 0 Å². The van der Waals surface area contributed by atoms with Crippen LogP contribution in [-0.4, -0.2) is 49.4 Å². The third-order valence-corrected chi connectivity index (χ3v) is 5.86. The molecule has 1 aliphatic heterocycles. The summed E-state index contributed by atoms with van der Waals surface area (Å²) in [5, 5.41) is 2.90. The highest BCUT2D eigenvalue weighted by Gasteiger charge is 2.27. The number of piperidine rings is 1. The number of nitrogens with two attached hydrogens (primary N) is 1. The summed E-state index contributed by atoms with van der Waals surface area (Å²) in [6.45, 7) is 2.46. The van der Waals surface area contributed by atoms with Crippen LogP contribution in [0.3, 0.4) is 0 Å². The molecule has 0 bridgehead atoms. The van der Waals surface area contributed by atoms with Gasteiger partial charge in [-0.05, 0) is 44.0 Å². The average molecular weight is 339 g/mol. The molecule has 1 saturated heterocycles. The van der Waals surface area contributed by atoms with Crippen molar-refractivity contribution in [2.75, 3.05) is 18.8 Å². The van der Waals surface area contributed by atoms with Gasteiger partial charge in [-0.25, -0.2) is 12.7 Å². The minimum atomic E-state index is -3.16. The van der Waals surface area contributed by atoms with Crippen LogP contribution < -0.4 is 11.1 Å². The van der Waals surface area contributed by atoms with E-state index >= 15 is 0 Å². The summed E-state index contributed by atoms with van der Waals surface area (Å²) >= 11 is 0. The van der Waals surface area contributed by atoms with E-state index in [2.05, 4.69) is 5.32 Å². The first-order chi connectivity index (χ1) is 10.8. The van der Waals surface area contributed by atoms with E-state index in [0.717, 1.165) is 0 Å². The largest absolute Gasteiger partial charge is 0.366 e. The first-order valence-electron chi connectivity index (χ1n) is 7.52. The summed E-state index contributed by atoms with van der Waals surface area (Å²) in [5.74, 6) is -0.685. The van der Waals surface area contributed by atoms with Gasteiger partial charge < -0.3 is 11.1 Å². The van der Waals surface area contributed by atoms with Crippen molar-refractivity contribution in [3.8, 4) is 0 Å². The minimum absolute atomic E-state index is 0.0541. The highest BCUT2D eigenvalue weighted by molar-refractivity contribution is 7.89. The second-order valence-corrected chi connectivity index (χ2v) is 7.75. The van der Waals surface area contributed by atoms with Crippen LogP contribution in [0.15, 0.2) is 24.3 Å². The third-order valence-electron chi connectivity index (χ3n) is 3.98. The molecule has 1 aliphatic rings. The molecule has 0 aliphatic carbocycles. The molecule has 1 aromatic carbocycles. The zero-order valence-corrected chi connectivity index (χ0v) is 13.8. The van der Waals surface area contributed by atoms with Crippen molar-refractivity contribution in [3.63, 3.8) is 0 Å². The van der Waals surface area contributed by atoms with Crippen molar-refractivity contribution in [2.24, 2.45) is 5.73 Å². The number of rotatable bonds is 5. The van der Waals surface area contributed by atoms with Gasteiger partial charge in [0.05, 0.1) is 5.75 Å². The van der Waals surface area contributed by atoms with Crippen LogP contribution in [0.1, 0.15) is 40.5 Å². The highest BCUT2D eigenvalue weighted by atomic mass is 32.2. The van der Waals surface area contributed by atoms with Crippen LogP contribution in [0.4, 0.5) is 0 Å². The molecule has 2 amide bonds. The van der Waals surface area contributed by atoms with Crippen molar-refractivity contribution in [1.29, 1.82) is 0 Å². The lowest BCUT2D eigenvalue weighted by Crippen LogP contribution is -2.46. The zero-order chi connectivity index (χ0) is 17.0. The summed E-state index contributed by atoms with van der Waals surface area (Å²) in [6.07, 6.45) is 1.18. The second-order valence-electron chi connectivity index (χ2n) is 5.49. The summed E-state index contributed by atoms with van der Waals surface area (Å²) in [4.78, 5) is 23.2. The normalized spacial score (nSPS) is 16.9. The van der Waals surface area contributed by atoms with Crippen molar-refractivity contribution in [3.05, 3.63) is 35.4 Å². The van der Waals surface area contributed by atoms with Gasteiger partial charge >= 0.3 is 0 Å². The predicted octanol–water partition coefficient (Wildman–Crippen LogP) is 0.329. The monoisotopic (exact) mass is 339 g/mol. The molecule has 0 radical (unpaired) electrons. The standard InChI is InChI=1S/C15H21N3O4S/c1-2-23(21,22)18-9-7-13(8-10-18)17-15(20)12-5-3-11(4-6-12)14(16)19/h3-6,13H,2,7-10H2,1H3,(H2,16,19)(H,17,20). The number of hydrogen-bond donors (Lipinski definition) is 2. The minimum Gasteiger partial charge on any atom is -0.366 e. The van der Waals surface area contributed by atoms with Crippen LogP contribution >= 0.6 is 0 Å². The lowest BCUT2D eigenvalue weighted by Gasteiger charge is -2.31. The maximum Gasteiger partial charge on any atom is 0.251 e. The van der Waals surface area contributed by atoms with Crippen LogP contribution in [-0.2, 0) is 10.0 Å². The van der Waals surface area contributed by atoms with E-state index < -0.39 is 15.9 Å². The summed E-state index contributed by atoms with van der Waals surface area (Å²) < 4.78 is 25.1. The quantitative estimate of drug-likeness (QED) is 0.805. The molecule has 1 heterocycles. The third kappa shape index (κ3) is 4.29. The van der Waals surface area contributed by atoms with Gasteiger partial charge in [0.2, 0.25) is 15.9 Å². The van der Waals surface area contributed by atoms with Crippen LogP contribution in [0, 0.1) is 0 Å². The van der Waals surface area contributed by atoms with E-state index in [1.807, 2.05) is 0 Å². The van der Waals surface area contributed by atoms with Crippen LogP contribution in [0.5, 0.6) is 0 Å². The molecule has 8 heteroatoms. The molecule has 126 valence electrons. The Labute approximate surface area is 135 Å². The summed E-state index contributed by atoms with van der Waals surface area (Å²) in [6, 6.07) is 6.06. The first kappa shape index (κ1) is 17.4. The molecule has 3 N–H and O–H groups in total. The number of sulfonamides is 1. The molecule has 7 nitrogen and oxygen atoms in total. The smallest absolute Gasteiger partial charge is 0.251 e. The van der Waals surface area contributed by atoms with Crippen molar-refractivity contribution in [2.45, 2.75) is 25.8 Å². The fourth-order valence-electron chi connectivity index (χ4n) is 2.52. The average Bonchev–Trinajstić information content (AvgIpc) is 2.55. The molecule has 0 unspecified atom stereocenters. The Balaban J connectivity index is 1.91. The number of carbonyl (C=O) groups excluding carboxylic acids is 2. The van der Waals surface area contributed by atoms with Crippen molar-refractivity contribution >= 4 is 21.8 Å². The van der Waals surface area contributed by atoms with Crippen molar-refractivity contribution < 1.29 is 18.0 Å². The molecule has 0 saturated carbocycles. The number of nitrogens with zero attached hydrogens (tertiary/aromatic N) is 1. The van der Waals surface area contributed by atoms with E-state index in [0.29, 0.717) is 37.1 Å². The Morgan fingerprint density at radius 2 is 1.70 bits per heavy atom. The Morgan fingerprint density at radius 1 is 1.17 bits per heavy atom. The maximum atomic E-state index is 12.2. The lowest BCUT2D eigenvalue weighted by atomic mass is 10.1. The Kier molecular flexibility index (Phi) is 5.38. The molecule has 0 atom stereocenters. The Morgan fingerprint density at radius 3 is 2.17 bits per heavy atom. The molecule has 2 rings (SSSR count). The molecule has 23 heavy (non-hydrogen) atoms. The second kappa shape index (κ2) is 7.10. The molecular weight excluding hydrogens is 318 g/mol. The van der Waals surface area contributed by atoms with Crippen molar-refractivity contribution in [1.82, 2.24) is 9.62 Å². The zero-order valence-electron chi connectivity index (χ0n) is 13.0. The summed E-state index contributed by atoms with van der Waals surface area (Å²) in [7, 11) is -3.16. The fourth-order valence-corrected chi connectivity index (χ4v) is 3.65. The van der Waals surface area contributed by atoms with Gasteiger partial charge in [0, 0.05) is 30.3 Å². The number of nitrogens with one attached hydrogen (secondary N) is 1. The molecule has 1 fully saturated rings. The van der Waals surface area contributed by atoms with Gasteiger partial charge in [0.1, 0.15) is 0 Å². The molecule has 0 aromatic heterocycles. The maximum absolute atomic E-state index is 12.2. The van der Waals surface area contributed by atoms with E-state index in [4.69, 9.17) is 5.73 Å². The van der Waals surface area contributed by atoms with Gasteiger partial charge in [-0.2, -0.15) is 0 Å². The van der Waals surface area contributed by atoms with Crippen LogP contribution in [0.25, 0.3) is 0 Å². The number of carbonyl (C=O) groups is 2. The van der Waals surface area contributed by atoms with Gasteiger partial charge in [-0.15, -0.1) is 0 Å². The first-order valence-corrected chi connectivity index (χ1v) is 9.13. The molecule has 1 aromatic rings. The number of amides is 2. The fraction of sp³-hybridized carbons (Fsp3) is 0.467. The number of benzene rings is 1. The van der Waals surface area contributed by atoms with E-state index in [9.17, 15) is 18.0 Å². The van der Waals surface area contributed by atoms with Gasteiger partial charge in [-0.3, -0.25) is 9.59 Å². The number of hydrogen-bond acceptors (Lipinski definition) is 4. The Bertz CT molecular complexity index is 677.